The van der Waals surface area contributed by atoms with Gasteiger partial charge in [0.15, 0.2) is 5.78 Å². The summed E-state index contributed by atoms with van der Waals surface area (Å²) in [6.07, 6.45) is 0.949. The van der Waals surface area contributed by atoms with Crippen LogP contribution in [0.4, 0.5) is 0 Å². The van der Waals surface area contributed by atoms with Crippen LogP contribution in [0, 0.1) is 6.92 Å². The quantitative estimate of drug-likeness (QED) is 0.277. The molecule has 10 heteroatoms. The number of carboxylic acid groups (broad SMARTS) is 1. The van der Waals surface area contributed by atoms with Gasteiger partial charge >= 0.3 is 17.9 Å². The van der Waals surface area contributed by atoms with Crippen LogP contribution in [-0.4, -0.2) is 48.7 Å². The van der Waals surface area contributed by atoms with Crippen molar-refractivity contribution in [2.75, 3.05) is 0 Å². The van der Waals surface area contributed by atoms with E-state index in [1.54, 1.807) is 0 Å². The topological polar surface area (TPSA) is 155 Å². The Bertz CT molecular complexity index is 1860. The second kappa shape index (κ2) is 10.3. The highest BCUT2D eigenvalue weighted by atomic mass is 16.6. The van der Waals surface area contributed by atoms with Crippen molar-refractivity contribution in [2.24, 2.45) is 0 Å². The first kappa shape index (κ1) is 28.5. The fourth-order valence-electron chi connectivity index (χ4n) is 7.02. The molecule has 0 saturated heterocycles. The molecule has 0 amide bonds. The maximum absolute atomic E-state index is 13.4. The number of aryl methyl sites for hydroxylation is 1. The van der Waals surface area contributed by atoms with Crippen molar-refractivity contribution in [3.63, 3.8) is 0 Å². The molecule has 2 aromatic rings. The second-order valence-corrected chi connectivity index (χ2v) is 11.9. The fraction of sp³-hybridized carbons (Fsp3) is 0.394. The molecule has 0 fully saturated rings. The number of rotatable bonds is 5. The van der Waals surface area contributed by atoms with Crippen LogP contribution in [0.1, 0.15) is 138 Å². The number of cyclic esters (lactones) is 2. The molecule has 2 aromatic heterocycles. The molecule has 0 spiro atoms. The van der Waals surface area contributed by atoms with Gasteiger partial charge in [0.2, 0.25) is 0 Å². The third-order valence-electron chi connectivity index (χ3n) is 9.44. The lowest BCUT2D eigenvalue weighted by Gasteiger charge is -2.18. The molecule has 10 nitrogen and oxygen atoms in total. The Morgan fingerprint density at radius 1 is 0.930 bits per heavy atom. The zero-order valence-corrected chi connectivity index (χ0v) is 25.0. The lowest BCUT2D eigenvalue weighted by atomic mass is 9.85. The smallest absolute Gasteiger partial charge is 0.350 e. The minimum Gasteiger partial charge on any atom is -0.481 e. The van der Waals surface area contributed by atoms with E-state index < -0.39 is 23.8 Å². The molecule has 4 atom stereocenters. The number of Topliss-reactive ketones (excluding diaryl/α,β-unsaturated/α-hetero) is 1. The molecule has 43 heavy (non-hydrogen) atoms. The number of nitrogens with zero attached hydrogens (tertiary/aromatic N) is 2. The molecule has 0 aromatic carbocycles. The summed E-state index contributed by atoms with van der Waals surface area (Å²) in [6.45, 7) is 11.4. The minimum atomic E-state index is -0.960. The summed E-state index contributed by atoms with van der Waals surface area (Å²) < 4.78 is 5.25. The maximum Gasteiger partial charge on any atom is 0.350 e. The molecule has 8 bridgehead atoms. The molecule has 0 saturated carbocycles. The second-order valence-electron chi connectivity index (χ2n) is 11.9. The maximum atomic E-state index is 13.4. The number of carboxylic acids is 1. The van der Waals surface area contributed by atoms with Gasteiger partial charge in [-0.05, 0) is 62.9 Å². The average Bonchev–Trinajstić information content (AvgIpc) is 3.61. The first-order chi connectivity index (χ1) is 20.4. The standard InChI is InChI=1S/C33H34N4O6/c1-7-18-13(2)20-12-25-27(17(6)38)15(4)22(35-25)10-21-14(3)19(8-9-26(39)40)30(36-21)29-31-28(32(41)43-33(29)42)16(5)23(37-31)11-24(18)34-20/h10-14,18-19,34,37H,7-9H2,1-6H3,(H,39,40)/t13-,14+,18-,19+/m1/s1. The molecule has 6 heterocycles. The van der Waals surface area contributed by atoms with Crippen molar-refractivity contribution in [3.8, 4) is 0 Å². The van der Waals surface area contributed by atoms with Gasteiger partial charge < -0.3 is 19.8 Å². The van der Waals surface area contributed by atoms with Crippen LogP contribution < -0.4 is 0 Å². The normalized spacial score (nSPS) is 22.0. The number of ether oxygens (including phenoxy) is 1. The summed E-state index contributed by atoms with van der Waals surface area (Å²) >= 11 is 0. The monoisotopic (exact) mass is 582 g/mol. The number of aromatic amines is 2. The molecule has 0 aliphatic carbocycles. The van der Waals surface area contributed by atoms with Crippen molar-refractivity contribution >= 4 is 45.9 Å². The lowest BCUT2D eigenvalue weighted by Crippen LogP contribution is -2.21. The Kier molecular flexibility index (Phi) is 6.82. The number of hydrogen-bond donors (Lipinski definition) is 3. The lowest BCUT2D eigenvalue weighted by molar-refractivity contribution is -0.137. The summed E-state index contributed by atoms with van der Waals surface area (Å²) in [7, 11) is 0. The third-order valence-corrected chi connectivity index (χ3v) is 9.44. The first-order valence-corrected chi connectivity index (χ1v) is 14.7. The van der Waals surface area contributed by atoms with Crippen molar-refractivity contribution in [3.05, 3.63) is 69.1 Å². The summed E-state index contributed by atoms with van der Waals surface area (Å²) in [5, 5.41) is 9.50. The predicted octanol–water partition coefficient (Wildman–Crippen LogP) is 6.23. The van der Waals surface area contributed by atoms with Crippen LogP contribution in [-0.2, 0) is 14.3 Å². The summed E-state index contributed by atoms with van der Waals surface area (Å²) in [5.74, 6) is -3.06. The number of nitrogens with one attached hydrogen (secondary N) is 2. The number of carbonyl (C=O) groups excluding carboxylic acids is 3. The van der Waals surface area contributed by atoms with Gasteiger partial charge in [0.25, 0.3) is 0 Å². The van der Waals surface area contributed by atoms with E-state index in [0.717, 1.165) is 23.4 Å². The fourth-order valence-corrected chi connectivity index (χ4v) is 7.02. The van der Waals surface area contributed by atoms with Crippen molar-refractivity contribution < 1.29 is 29.0 Å². The van der Waals surface area contributed by atoms with Crippen molar-refractivity contribution in [2.45, 2.75) is 84.5 Å². The first-order valence-electron chi connectivity index (χ1n) is 14.7. The molecule has 6 rings (SSSR count). The summed E-state index contributed by atoms with van der Waals surface area (Å²) in [4.78, 5) is 67.6. The van der Waals surface area contributed by atoms with Crippen LogP contribution in [0.5, 0.6) is 0 Å². The van der Waals surface area contributed by atoms with Crippen molar-refractivity contribution in [1.82, 2.24) is 19.9 Å². The van der Waals surface area contributed by atoms with Gasteiger partial charge in [-0.2, -0.15) is 0 Å². The van der Waals surface area contributed by atoms with Gasteiger partial charge in [0, 0.05) is 58.3 Å². The van der Waals surface area contributed by atoms with Gasteiger partial charge in [-0.25, -0.2) is 14.6 Å². The van der Waals surface area contributed by atoms with Gasteiger partial charge in [0.05, 0.1) is 28.2 Å². The van der Waals surface area contributed by atoms with Crippen LogP contribution >= 0.6 is 0 Å². The van der Waals surface area contributed by atoms with E-state index in [2.05, 4.69) is 23.8 Å². The molecular formula is C33H34N4O6. The Morgan fingerprint density at radius 2 is 1.65 bits per heavy atom. The Hall–Kier alpha value is -4.60. The number of H-pyrrole nitrogens is 2. The van der Waals surface area contributed by atoms with E-state index in [9.17, 15) is 24.3 Å². The Labute approximate surface area is 248 Å². The van der Waals surface area contributed by atoms with Gasteiger partial charge in [-0.3, -0.25) is 14.6 Å². The van der Waals surface area contributed by atoms with E-state index in [-0.39, 0.29) is 47.5 Å². The molecular weight excluding hydrogens is 548 g/mol. The van der Waals surface area contributed by atoms with Crippen LogP contribution in [0.2, 0.25) is 0 Å². The molecule has 4 aliphatic heterocycles. The SMILES string of the molecule is CC[C@H]1c2cc3[nH]c4c(c5nc(cc6nc(cc([nH]2)[C@@H]1C)C(C(C)=O)=C6C)[C@@H](C)[C@@H]5CCC(=O)O)C(=O)OC(=O)c4c3C. The van der Waals surface area contributed by atoms with E-state index in [4.69, 9.17) is 14.7 Å². The zero-order chi connectivity index (χ0) is 30.9. The number of allylic oxidation sites excluding steroid dienone is 2. The highest BCUT2D eigenvalue weighted by Gasteiger charge is 2.39. The number of ketones is 1. The number of aliphatic carboxylic acids is 1. The Balaban J connectivity index is 1.79. The van der Waals surface area contributed by atoms with E-state index in [1.807, 2.05) is 39.0 Å². The van der Waals surface area contributed by atoms with Crippen LogP contribution in [0.3, 0.4) is 0 Å². The average molecular weight is 583 g/mol. The molecule has 3 N–H and O–H groups in total. The minimum absolute atomic E-state index is 0.0946. The van der Waals surface area contributed by atoms with Gasteiger partial charge in [-0.15, -0.1) is 0 Å². The number of carbonyl (C=O) groups is 4. The number of esters is 2. The number of aromatic nitrogens is 4. The predicted molar refractivity (Wildman–Crippen MR) is 159 cm³/mol. The van der Waals surface area contributed by atoms with Crippen LogP contribution in [0.15, 0.2) is 18.2 Å². The van der Waals surface area contributed by atoms with E-state index in [0.29, 0.717) is 44.9 Å². The van der Waals surface area contributed by atoms with Gasteiger partial charge in [0.1, 0.15) is 5.56 Å². The summed E-state index contributed by atoms with van der Waals surface area (Å²) in [6, 6.07) is 5.73. The molecule has 0 unspecified atom stereocenters. The molecule has 4 aliphatic rings. The zero-order valence-electron chi connectivity index (χ0n) is 25.0. The van der Waals surface area contributed by atoms with E-state index >= 15 is 0 Å². The van der Waals surface area contributed by atoms with E-state index in [1.165, 1.54) is 6.92 Å². The van der Waals surface area contributed by atoms with Gasteiger partial charge in [-0.1, -0.05) is 20.8 Å². The van der Waals surface area contributed by atoms with Crippen molar-refractivity contribution in [1.29, 1.82) is 0 Å². The third kappa shape index (κ3) is 4.47. The highest BCUT2D eigenvalue weighted by molar-refractivity contribution is 6.27. The van der Waals surface area contributed by atoms with Crippen LogP contribution in [0.25, 0.3) is 22.2 Å². The Morgan fingerprint density at radius 3 is 2.33 bits per heavy atom. The molecule has 0 radical (unpaired) electrons. The summed E-state index contributed by atoms with van der Waals surface area (Å²) in [5.41, 5.74) is 7.34. The highest BCUT2D eigenvalue weighted by Crippen LogP contribution is 2.45. The number of hydrogen-bond acceptors (Lipinski definition) is 7. The number of fused-ring (bicyclic) bond motifs is 8. The largest absolute Gasteiger partial charge is 0.481 e. The molecule has 222 valence electrons.